The van der Waals surface area contributed by atoms with Gasteiger partial charge in [0.05, 0.1) is 6.10 Å². The lowest BCUT2D eigenvalue weighted by Crippen LogP contribution is -2.22. The number of hydrogen-bond donors (Lipinski definition) is 3. The van der Waals surface area contributed by atoms with Crippen LogP contribution in [0.15, 0.2) is 0 Å². The fraction of sp³-hybridized carbons (Fsp3) is 1.00. The maximum Gasteiger partial charge on any atom is 0.0686 e. The minimum Gasteiger partial charge on any atom is -0.392 e. The van der Waals surface area contributed by atoms with Gasteiger partial charge in [-0.25, -0.2) is 0 Å². The summed E-state index contributed by atoms with van der Waals surface area (Å²) in [5.74, 6) is 0. The van der Waals surface area contributed by atoms with E-state index in [1.54, 1.807) is 0 Å². The van der Waals surface area contributed by atoms with Crippen molar-refractivity contribution in [3.63, 3.8) is 0 Å². The van der Waals surface area contributed by atoms with Gasteiger partial charge in [0.25, 0.3) is 0 Å². The summed E-state index contributed by atoms with van der Waals surface area (Å²) >= 11 is 8.48. The zero-order valence-corrected chi connectivity index (χ0v) is 7.56. The van der Waals surface area contributed by atoms with Crippen molar-refractivity contribution in [1.29, 1.82) is 0 Å². The second kappa shape index (κ2) is 3.85. The van der Waals surface area contributed by atoms with Crippen molar-refractivity contribution in [3.05, 3.63) is 0 Å². The molecule has 0 aromatic rings. The second-order valence-corrected chi connectivity index (χ2v) is 4.04. The molecule has 2 nitrogen and oxygen atoms in total. The molecular formula is C6H13NOS2. The number of aliphatic hydroxyl groups is 1. The van der Waals surface area contributed by atoms with Crippen LogP contribution in [0.5, 0.6) is 0 Å². The predicted molar refractivity (Wildman–Crippen MR) is 48.6 cm³/mol. The minimum absolute atomic E-state index is 0.248. The lowest BCUT2D eigenvalue weighted by Gasteiger charge is -2.13. The number of hydrogen-bond acceptors (Lipinski definition) is 4. The molecule has 1 rings (SSSR count). The highest BCUT2D eigenvalue weighted by Gasteiger charge is 2.18. The molecule has 0 aromatic heterocycles. The van der Waals surface area contributed by atoms with Crippen molar-refractivity contribution in [3.8, 4) is 0 Å². The Hall–Kier alpha value is 0.620. The molecule has 0 aliphatic carbocycles. The lowest BCUT2D eigenvalue weighted by molar-refractivity contribution is 0.153. The summed E-state index contributed by atoms with van der Waals surface area (Å²) < 4.78 is 1.85. The van der Waals surface area contributed by atoms with Crippen LogP contribution in [0.1, 0.15) is 12.8 Å². The van der Waals surface area contributed by atoms with Crippen LogP contribution in [0.25, 0.3) is 0 Å². The summed E-state index contributed by atoms with van der Waals surface area (Å²) in [6.07, 6.45) is 1.56. The fourth-order valence-corrected chi connectivity index (χ4v) is 1.80. The maximum atomic E-state index is 9.29. The third kappa shape index (κ3) is 2.70. The Morgan fingerprint density at radius 2 is 2.20 bits per heavy atom. The van der Waals surface area contributed by atoms with Crippen LogP contribution in [0.2, 0.25) is 0 Å². The van der Waals surface area contributed by atoms with Crippen LogP contribution in [-0.4, -0.2) is 33.9 Å². The summed E-state index contributed by atoms with van der Waals surface area (Å²) in [7, 11) is 0. The highest BCUT2D eigenvalue weighted by molar-refractivity contribution is 7.81. The zero-order valence-electron chi connectivity index (χ0n) is 5.77. The molecule has 0 amide bonds. The standard InChI is InChI=1S/C6H13NOS2/c8-5-3-6(9)1-2-7(10)4-5/h5-6,8-10H,1-4H2. The topological polar surface area (TPSA) is 23.5 Å². The smallest absolute Gasteiger partial charge is 0.0686 e. The highest BCUT2D eigenvalue weighted by Crippen LogP contribution is 2.16. The van der Waals surface area contributed by atoms with E-state index in [0.29, 0.717) is 11.8 Å². The molecule has 0 saturated carbocycles. The van der Waals surface area contributed by atoms with E-state index in [4.69, 9.17) is 0 Å². The number of nitrogens with zero attached hydrogens (tertiary/aromatic N) is 1. The van der Waals surface area contributed by atoms with E-state index in [2.05, 4.69) is 25.4 Å². The quantitative estimate of drug-likeness (QED) is 0.474. The van der Waals surface area contributed by atoms with Crippen molar-refractivity contribution in [1.82, 2.24) is 4.31 Å². The van der Waals surface area contributed by atoms with E-state index in [1.165, 1.54) is 0 Å². The summed E-state index contributed by atoms with van der Waals surface area (Å²) in [6, 6.07) is 0. The summed E-state index contributed by atoms with van der Waals surface area (Å²) in [5.41, 5.74) is 0. The van der Waals surface area contributed by atoms with Crippen molar-refractivity contribution in [2.24, 2.45) is 0 Å². The molecule has 1 aliphatic heterocycles. The molecular weight excluding hydrogens is 166 g/mol. The first kappa shape index (κ1) is 8.71. The largest absolute Gasteiger partial charge is 0.392 e. The van der Waals surface area contributed by atoms with Gasteiger partial charge in [-0.05, 0) is 12.8 Å². The van der Waals surface area contributed by atoms with Crippen LogP contribution < -0.4 is 0 Å². The molecule has 4 heteroatoms. The predicted octanol–water partition coefficient (Wildman–Crippen LogP) is 0.586. The maximum absolute atomic E-state index is 9.29. The highest BCUT2D eigenvalue weighted by atomic mass is 32.1. The van der Waals surface area contributed by atoms with Gasteiger partial charge < -0.3 is 5.11 Å². The van der Waals surface area contributed by atoms with E-state index < -0.39 is 0 Å². The van der Waals surface area contributed by atoms with E-state index in [-0.39, 0.29) is 6.10 Å². The van der Waals surface area contributed by atoms with Gasteiger partial charge in [0.2, 0.25) is 0 Å². The molecule has 1 saturated heterocycles. The molecule has 0 spiro atoms. The molecule has 0 aromatic carbocycles. The summed E-state index contributed by atoms with van der Waals surface area (Å²) in [4.78, 5) is 0. The average molecular weight is 179 g/mol. The number of β-amino-alcohol motifs (C(OH)–C–C–N with tert-alkyl or cyclic N) is 1. The molecule has 2 atom stereocenters. The molecule has 1 aliphatic rings. The van der Waals surface area contributed by atoms with Crippen LogP contribution >= 0.6 is 25.4 Å². The number of rotatable bonds is 0. The van der Waals surface area contributed by atoms with E-state index in [0.717, 1.165) is 19.4 Å². The van der Waals surface area contributed by atoms with Gasteiger partial charge in [-0.2, -0.15) is 12.6 Å². The molecule has 60 valence electrons. The van der Waals surface area contributed by atoms with Gasteiger partial charge in [0.1, 0.15) is 0 Å². The molecule has 2 unspecified atom stereocenters. The zero-order chi connectivity index (χ0) is 7.56. The molecule has 0 bridgehead atoms. The van der Waals surface area contributed by atoms with Gasteiger partial charge in [-0.3, -0.25) is 4.31 Å². The molecule has 0 radical (unpaired) electrons. The van der Waals surface area contributed by atoms with E-state index >= 15 is 0 Å². The van der Waals surface area contributed by atoms with Crippen LogP contribution in [-0.2, 0) is 0 Å². The normalized spacial score (nSPS) is 37.5. The third-order valence-electron chi connectivity index (χ3n) is 1.69. The summed E-state index contributed by atoms with van der Waals surface area (Å²) in [5, 5.41) is 9.63. The summed E-state index contributed by atoms with van der Waals surface area (Å²) in [6.45, 7) is 1.59. The van der Waals surface area contributed by atoms with Crippen LogP contribution in [0.3, 0.4) is 0 Å². The van der Waals surface area contributed by atoms with Gasteiger partial charge in [-0.1, -0.05) is 12.8 Å². The Morgan fingerprint density at radius 3 is 2.90 bits per heavy atom. The minimum atomic E-state index is -0.248. The van der Waals surface area contributed by atoms with Gasteiger partial charge >= 0.3 is 0 Å². The monoisotopic (exact) mass is 179 g/mol. The van der Waals surface area contributed by atoms with Crippen molar-refractivity contribution < 1.29 is 5.11 Å². The van der Waals surface area contributed by atoms with Crippen molar-refractivity contribution in [2.45, 2.75) is 24.2 Å². The molecule has 10 heavy (non-hydrogen) atoms. The third-order valence-corrected chi connectivity index (χ3v) is 2.52. The van der Waals surface area contributed by atoms with Crippen LogP contribution in [0, 0.1) is 0 Å². The van der Waals surface area contributed by atoms with Gasteiger partial charge in [0.15, 0.2) is 0 Å². The van der Waals surface area contributed by atoms with Gasteiger partial charge in [-0.15, -0.1) is 0 Å². The lowest BCUT2D eigenvalue weighted by atomic mass is 10.2. The first-order valence-corrected chi connectivity index (χ1v) is 4.40. The van der Waals surface area contributed by atoms with E-state index in [1.807, 2.05) is 4.31 Å². The SMILES string of the molecule is OC1CC(S)CCN(S)C1. The second-order valence-electron chi connectivity index (χ2n) is 2.74. The van der Waals surface area contributed by atoms with Crippen molar-refractivity contribution in [2.75, 3.05) is 13.1 Å². The molecule has 1 N–H and O–H groups in total. The Balaban J connectivity index is 2.38. The van der Waals surface area contributed by atoms with Gasteiger partial charge in [0, 0.05) is 18.3 Å². The number of aliphatic hydroxyl groups excluding tert-OH is 1. The molecule has 1 heterocycles. The first-order chi connectivity index (χ1) is 4.68. The first-order valence-electron chi connectivity index (χ1n) is 3.48. The Morgan fingerprint density at radius 1 is 1.50 bits per heavy atom. The average Bonchev–Trinajstić information content (AvgIpc) is 1.93. The van der Waals surface area contributed by atoms with Crippen LogP contribution in [0.4, 0.5) is 0 Å². The Labute approximate surface area is 72.6 Å². The van der Waals surface area contributed by atoms with Crippen molar-refractivity contribution >= 4 is 25.4 Å². The number of thiol groups is 2. The fourth-order valence-electron chi connectivity index (χ4n) is 1.14. The Bertz CT molecular complexity index is 99.9. The Kier molecular flexibility index (Phi) is 3.36. The van der Waals surface area contributed by atoms with E-state index in [9.17, 15) is 5.11 Å². The molecule has 1 fully saturated rings.